The molecule has 2 N–H and O–H groups in total. The molecule has 122 valence electrons. The summed E-state index contributed by atoms with van der Waals surface area (Å²) in [5.74, 6) is 1.76. The third-order valence-corrected chi connectivity index (χ3v) is 3.58. The van der Waals surface area contributed by atoms with Gasteiger partial charge in [-0.25, -0.2) is 4.98 Å². The Kier molecular flexibility index (Phi) is 5.03. The molecule has 0 fully saturated rings. The van der Waals surface area contributed by atoms with E-state index in [1.807, 2.05) is 24.3 Å². The van der Waals surface area contributed by atoms with E-state index in [9.17, 15) is 0 Å². The lowest BCUT2D eigenvalue weighted by Crippen LogP contribution is -2.01. The minimum Gasteiger partial charge on any atom is -0.495 e. The highest BCUT2D eigenvalue weighted by Crippen LogP contribution is 2.27. The van der Waals surface area contributed by atoms with Gasteiger partial charge < -0.3 is 15.4 Å². The first-order valence-corrected chi connectivity index (χ1v) is 7.86. The summed E-state index contributed by atoms with van der Waals surface area (Å²) in [4.78, 5) is 8.64. The number of para-hydroxylation sites is 2. The zero-order valence-corrected chi connectivity index (χ0v) is 14.3. The van der Waals surface area contributed by atoms with Crippen LogP contribution < -0.4 is 15.4 Å². The maximum atomic E-state index is 6.00. The number of hydrogen-bond acceptors (Lipinski definition) is 5. The Bertz CT molecular complexity index is 837. The van der Waals surface area contributed by atoms with Crippen LogP contribution in [0.2, 0.25) is 10.0 Å². The number of methoxy groups -OCH3 is 1. The number of nitrogens with zero attached hydrogens (tertiary/aromatic N) is 2. The van der Waals surface area contributed by atoms with Gasteiger partial charge in [0.05, 0.1) is 12.8 Å². The van der Waals surface area contributed by atoms with E-state index in [2.05, 4.69) is 20.6 Å². The summed E-state index contributed by atoms with van der Waals surface area (Å²) in [5.41, 5.74) is 1.53. The van der Waals surface area contributed by atoms with Crippen LogP contribution in [0.25, 0.3) is 0 Å². The van der Waals surface area contributed by atoms with Crippen molar-refractivity contribution in [2.24, 2.45) is 0 Å². The predicted molar refractivity (Wildman–Crippen MR) is 98.1 cm³/mol. The van der Waals surface area contributed by atoms with Crippen molar-refractivity contribution >= 4 is 46.3 Å². The quantitative estimate of drug-likeness (QED) is 0.648. The predicted octanol–water partition coefficient (Wildman–Crippen LogP) is 5.28. The van der Waals surface area contributed by atoms with E-state index in [1.165, 1.54) is 0 Å². The molecule has 24 heavy (non-hydrogen) atoms. The third kappa shape index (κ3) is 4.07. The lowest BCUT2D eigenvalue weighted by Gasteiger charge is -2.11. The second-order valence-electron chi connectivity index (χ2n) is 4.87. The van der Waals surface area contributed by atoms with Crippen molar-refractivity contribution in [2.45, 2.75) is 0 Å². The van der Waals surface area contributed by atoms with E-state index in [1.54, 1.807) is 37.6 Å². The van der Waals surface area contributed by atoms with Crippen LogP contribution in [0.15, 0.2) is 54.7 Å². The van der Waals surface area contributed by atoms with E-state index in [0.717, 1.165) is 11.4 Å². The maximum absolute atomic E-state index is 6.00. The summed E-state index contributed by atoms with van der Waals surface area (Å²) in [6.45, 7) is 0. The monoisotopic (exact) mass is 360 g/mol. The summed E-state index contributed by atoms with van der Waals surface area (Å²) in [7, 11) is 1.61. The van der Waals surface area contributed by atoms with Gasteiger partial charge in [-0.1, -0.05) is 35.3 Å². The van der Waals surface area contributed by atoms with Crippen molar-refractivity contribution in [3.8, 4) is 5.75 Å². The minimum atomic E-state index is 0.442. The Morgan fingerprint density at radius 3 is 2.46 bits per heavy atom. The highest BCUT2D eigenvalue weighted by Gasteiger charge is 2.06. The molecule has 0 aliphatic heterocycles. The first-order valence-electron chi connectivity index (χ1n) is 7.10. The van der Waals surface area contributed by atoms with E-state index < -0.39 is 0 Å². The molecule has 1 aromatic heterocycles. The molecule has 0 radical (unpaired) electrons. The Labute approximate surface area is 149 Å². The zero-order valence-electron chi connectivity index (χ0n) is 12.8. The molecular formula is C17H14Cl2N4O. The van der Waals surface area contributed by atoms with Gasteiger partial charge in [0.1, 0.15) is 11.6 Å². The third-order valence-electron chi connectivity index (χ3n) is 3.14. The number of aromatic nitrogens is 2. The highest BCUT2D eigenvalue weighted by atomic mass is 35.5. The molecular weight excluding hydrogens is 347 g/mol. The average molecular weight is 361 g/mol. The topological polar surface area (TPSA) is 59.1 Å². The van der Waals surface area contributed by atoms with E-state index >= 15 is 0 Å². The van der Waals surface area contributed by atoms with Crippen LogP contribution in [0.5, 0.6) is 5.75 Å². The van der Waals surface area contributed by atoms with Crippen LogP contribution in [0.4, 0.5) is 23.1 Å². The lowest BCUT2D eigenvalue weighted by molar-refractivity contribution is 0.417. The van der Waals surface area contributed by atoms with E-state index in [0.29, 0.717) is 27.6 Å². The normalized spacial score (nSPS) is 10.3. The van der Waals surface area contributed by atoms with Crippen molar-refractivity contribution in [3.63, 3.8) is 0 Å². The summed E-state index contributed by atoms with van der Waals surface area (Å²) in [6.07, 6.45) is 1.65. The first kappa shape index (κ1) is 16.4. The first-order chi connectivity index (χ1) is 11.6. The molecule has 0 aliphatic carbocycles. The standard InChI is InChI=1S/C17H14Cl2N4O/c1-24-15-5-3-2-4-14(15)22-17-20-7-6-16(23-17)21-13-9-11(18)8-12(19)10-13/h2-10H,1H3,(H2,20,21,22,23). The number of hydrogen-bond donors (Lipinski definition) is 2. The Morgan fingerprint density at radius 1 is 0.958 bits per heavy atom. The second kappa shape index (κ2) is 7.38. The largest absolute Gasteiger partial charge is 0.495 e. The highest BCUT2D eigenvalue weighted by molar-refractivity contribution is 6.35. The van der Waals surface area contributed by atoms with Crippen LogP contribution in [0.1, 0.15) is 0 Å². The van der Waals surface area contributed by atoms with Gasteiger partial charge in [0, 0.05) is 21.9 Å². The molecule has 0 unspecified atom stereocenters. The number of rotatable bonds is 5. The number of nitrogens with one attached hydrogen (secondary N) is 2. The molecule has 3 aromatic rings. The molecule has 0 aliphatic rings. The minimum absolute atomic E-state index is 0.442. The fourth-order valence-electron chi connectivity index (χ4n) is 2.13. The molecule has 5 nitrogen and oxygen atoms in total. The van der Waals surface area contributed by atoms with E-state index in [4.69, 9.17) is 27.9 Å². The summed E-state index contributed by atoms with van der Waals surface area (Å²) < 4.78 is 5.31. The summed E-state index contributed by atoms with van der Waals surface area (Å²) in [5, 5.41) is 7.38. The zero-order chi connectivity index (χ0) is 16.9. The molecule has 7 heteroatoms. The number of halogens is 2. The summed E-state index contributed by atoms with van der Waals surface area (Å²) >= 11 is 12.0. The summed E-state index contributed by atoms with van der Waals surface area (Å²) in [6, 6.07) is 14.5. The Balaban J connectivity index is 1.81. The van der Waals surface area contributed by atoms with Gasteiger partial charge in [0.25, 0.3) is 0 Å². The van der Waals surface area contributed by atoms with Gasteiger partial charge in [-0.3, -0.25) is 0 Å². The van der Waals surface area contributed by atoms with Crippen molar-refractivity contribution < 1.29 is 4.74 Å². The molecule has 0 spiro atoms. The van der Waals surface area contributed by atoms with Crippen LogP contribution in [0, 0.1) is 0 Å². The number of anilines is 4. The molecule has 0 saturated heterocycles. The van der Waals surface area contributed by atoms with Gasteiger partial charge in [0.2, 0.25) is 5.95 Å². The van der Waals surface area contributed by atoms with Gasteiger partial charge in [-0.2, -0.15) is 4.98 Å². The van der Waals surface area contributed by atoms with E-state index in [-0.39, 0.29) is 0 Å². The molecule has 2 aromatic carbocycles. The van der Waals surface area contributed by atoms with Crippen molar-refractivity contribution in [3.05, 3.63) is 64.8 Å². The average Bonchev–Trinajstić information content (AvgIpc) is 2.55. The molecule has 0 bridgehead atoms. The molecule has 3 rings (SSSR count). The van der Waals surface area contributed by atoms with Crippen LogP contribution >= 0.6 is 23.2 Å². The smallest absolute Gasteiger partial charge is 0.229 e. The van der Waals surface area contributed by atoms with Crippen LogP contribution in [-0.4, -0.2) is 17.1 Å². The SMILES string of the molecule is COc1ccccc1Nc1nccc(Nc2cc(Cl)cc(Cl)c2)n1. The number of benzene rings is 2. The fourth-order valence-corrected chi connectivity index (χ4v) is 2.66. The fraction of sp³-hybridized carbons (Fsp3) is 0.0588. The molecule has 1 heterocycles. The van der Waals surface area contributed by atoms with Crippen LogP contribution in [-0.2, 0) is 0 Å². The van der Waals surface area contributed by atoms with Crippen molar-refractivity contribution in [2.75, 3.05) is 17.7 Å². The molecule has 0 amide bonds. The van der Waals surface area contributed by atoms with Gasteiger partial charge in [-0.05, 0) is 36.4 Å². The van der Waals surface area contributed by atoms with Gasteiger partial charge in [-0.15, -0.1) is 0 Å². The van der Waals surface area contributed by atoms with Crippen LogP contribution in [0.3, 0.4) is 0 Å². The van der Waals surface area contributed by atoms with Gasteiger partial charge in [0.15, 0.2) is 0 Å². The van der Waals surface area contributed by atoms with Crippen molar-refractivity contribution in [1.82, 2.24) is 9.97 Å². The van der Waals surface area contributed by atoms with Gasteiger partial charge >= 0.3 is 0 Å². The Hall–Kier alpha value is -2.50. The Morgan fingerprint density at radius 2 is 1.71 bits per heavy atom. The van der Waals surface area contributed by atoms with Crippen molar-refractivity contribution in [1.29, 1.82) is 0 Å². The number of ether oxygens (including phenoxy) is 1. The second-order valence-corrected chi connectivity index (χ2v) is 5.75. The lowest BCUT2D eigenvalue weighted by atomic mass is 10.3. The molecule has 0 atom stereocenters. The maximum Gasteiger partial charge on any atom is 0.229 e. The molecule has 0 saturated carbocycles.